The lowest BCUT2D eigenvalue weighted by Crippen LogP contribution is -2.23. The van der Waals surface area contributed by atoms with Gasteiger partial charge in [-0.1, -0.05) is 17.7 Å². The highest BCUT2D eigenvalue weighted by molar-refractivity contribution is 6.31. The zero-order chi connectivity index (χ0) is 17.1. The molecular formula is C17H16ClN3O3. The van der Waals surface area contributed by atoms with Gasteiger partial charge < -0.3 is 10.2 Å². The molecule has 1 amide bonds. The quantitative estimate of drug-likeness (QED) is 0.668. The normalized spacial score (nSPS) is 13.8. The van der Waals surface area contributed by atoms with Crippen molar-refractivity contribution < 1.29 is 9.72 Å². The van der Waals surface area contributed by atoms with Gasteiger partial charge in [-0.3, -0.25) is 14.9 Å². The van der Waals surface area contributed by atoms with Crippen molar-refractivity contribution in [3.63, 3.8) is 0 Å². The average Bonchev–Trinajstić information content (AvgIpc) is 3.08. The van der Waals surface area contributed by atoms with E-state index in [-0.39, 0.29) is 11.6 Å². The van der Waals surface area contributed by atoms with E-state index in [0.29, 0.717) is 16.3 Å². The molecule has 1 aliphatic heterocycles. The number of halogens is 1. The van der Waals surface area contributed by atoms with Crippen LogP contribution in [0.15, 0.2) is 42.5 Å². The van der Waals surface area contributed by atoms with Gasteiger partial charge in [0.1, 0.15) is 0 Å². The highest BCUT2D eigenvalue weighted by Crippen LogP contribution is 2.29. The molecule has 1 heterocycles. The van der Waals surface area contributed by atoms with Crippen LogP contribution in [0.3, 0.4) is 0 Å². The zero-order valence-corrected chi connectivity index (χ0v) is 13.6. The van der Waals surface area contributed by atoms with E-state index in [1.807, 2.05) is 0 Å². The Kier molecular flexibility index (Phi) is 4.66. The Balaban J connectivity index is 1.95. The summed E-state index contributed by atoms with van der Waals surface area (Å²) in [5, 5.41) is 14.3. The third-order valence-electron chi connectivity index (χ3n) is 3.96. The molecule has 0 bridgehead atoms. The Morgan fingerprint density at radius 3 is 2.58 bits per heavy atom. The van der Waals surface area contributed by atoms with Crippen molar-refractivity contribution in [3.8, 4) is 0 Å². The van der Waals surface area contributed by atoms with Crippen LogP contribution >= 0.6 is 11.6 Å². The summed E-state index contributed by atoms with van der Waals surface area (Å²) in [5.41, 5.74) is 1.46. The first-order valence-corrected chi connectivity index (χ1v) is 8.03. The molecule has 1 fully saturated rings. The van der Waals surface area contributed by atoms with Crippen LogP contribution in [0.1, 0.15) is 23.2 Å². The first kappa shape index (κ1) is 16.3. The number of non-ortho nitro benzene ring substituents is 1. The fourth-order valence-electron chi connectivity index (χ4n) is 2.82. The number of hydrogen-bond donors (Lipinski definition) is 1. The van der Waals surface area contributed by atoms with Crippen LogP contribution in [0.25, 0.3) is 0 Å². The van der Waals surface area contributed by atoms with E-state index in [0.717, 1.165) is 31.6 Å². The first-order chi connectivity index (χ1) is 11.5. The van der Waals surface area contributed by atoms with Crippen molar-refractivity contribution in [2.24, 2.45) is 0 Å². The monoisotopic (exact) mass is 345 g/mol. The Bertz CT molecular complexity index is 788. The summed E-state index contributed by atoms with van der Waals surface area (Å²) in [6.07, 6.45) is 2.10. The van der Waals surface area contributed by atoms with Gasteiger partial charge in [0.15, 0.2) is 0 Å². The first-order valence-electron chi connectivity index (χ1n) is 7.65. The molecule has 0 unspecified atom stereocenters. The third-order valence-corrected chi connectivity index (χ3v) is 4.20. The minimum Gasteiger partial charge on any atom is -0.371 e. The molecule has 2 aromatic carbocycles. The maximum absolute atomic E-state index is 12.7. The van der Waals surface area contributed by atoms with E-state index in [1.54, 1.807) is 30.3 Å². The number of carbonyl (C=O) groups excluding carboxylic acids is 1. The number of nitrogens with zero attached hydrogens (tertiary/aromatic N) is 2. The van der Waals surface area contributed by atoms with Crippen LogP contribution in [-0.2, 0) is 0 Å². The lowest BCUT2D eigenvalue weighted by atomic mass is 10.1. The van der Waals surface area contributed by atoms with Gasteiger partial charge in [0, 0.05) is 35.9 Å². The molecule has 3 rings (SSSR count). The number of nitro benzene ring substituents is 1. The predicted molar refractivity (Wildman–Crippen MR) is 93.9 cm³/mol. The van der Waals surface area contributed by atoms with Gasteiger partial charge in [-0.05, 0) is 37.1 Å². The van der Waals surface area contributed by atoms with Gasteiger partial charge in [0.25, 0.3) is 11.6 Å². The van der Waals surface area contributed by atoms with Crippen LogP contribution in [0.5, 0.6) is 0 Å². The summed E-state index contributed by atoms with van der Waals surface area (Å²) in [6, 6.07) is 11.2. The van der Waals surface area contributed by atoms with Crippen molar-refractivity contribution >= 4 is 34.6 Å². The molecule has 0 aromatic heterocycles. The second kappa shape index (κ2) is 6.88. The number of nitrogens with one attached hydrogen (secondary N) is 1. The number of anilines is 2. The molecular weight excluding hydrogens is 330 g/mol. The minimum absolute atomic E-state index is 0.103. The maximum atomic E-state index is 12.7. The summed E-state index contributed by atoms with van der Waals surface area (Å²) >= 11 is 5.93. The van der Waals surface area contributed by atoms with Gasteiger partial charge in [-0.2, -0.15) is 0 Å². The molecule has 7 heteroatoms. The predicted octanol–water partition coefficient (Wildman–Crippen LogP) is 4.10. The molecule has 1 aliphatic rings. The second-order valence-corrected chi connectivity index (χ2v) is 6.05. The lowest BCUT2D eigenvalue weighted by Gasteiger charge is -2.20. The number of carbonyl (C=O) groups is 1. The maximum Gasteiger partial charge on any atom is 0.270 e. The van der Waals surface area contributed by atoms with E-state index < -0.39 is 4.92 Å². The van der Waals surface area contributed by atoms with Crippen molar-refractivity contribution in [3.05, 3.63) is 63.2 Å². The summed E-state index contributed by atoms with van der Waals surface area (Å²) in [6.45, 7) is 1.69. The Morgan fingerprint density at radius 1 is 1.17 bits per heavy atom. The molecule has 0 aliphatic carbocycles. The van der Waals surface area contributed by atoms with Crippen molar-refractivity contribution in [2.75, 3.05) is 23.3 Å². The lowest BCUT2D eigenvalue weighted by molar-refractivity contribution is -0.384. The summed E-state index contributed by atoms with van der Waals surface area (Å²) < 4.78 is 0. The number of benzene rings is 2. The fraction of sp³-hybridized carbons (Fsp3) is 0.235. The van der Waals surface area contributed by atoms with Gasteiger partial charge >= 0.3 is 0 Å². The molecule has 124 valence electrons. The molecule has 0 saturated carbocycles. The molecule has 0 radical (unpaired) electrons. The summed E-state index contributed by atoms with van der Waals surface area (Å²) in [5.74, 6) is -0.386. The highest BCUT2D eigenvalue weighted by Gasteiger charge is 2.22. The van der Waals surface area contributed by atoms with Crippen LogP contribution in [-0.4, -0.2) is 23.9 Å². The van der Waals surface area contributed by atoms with Gasteiger partial charge in [0.05, 0.1) is 16.2 Å². The van der Waals surface area contributed by atoms with Crippen LogP contribution in [0.2, 0.25) is 5.02 Å². The Hall–Kier alpha value is -2.60. The second-order valence-electron chi connectivity index (χ2n) is 5.62. The Labute approximate surface area is 144 Å². The molecule has 0 atom stereocenters. The van der Waals surface area contributed by atoms with E-state index >= 15 is 0 Å². The molecule has 1 saturated heterocycles. The molecule has 6 nitrogen and oxygen atoms in total. The van der Waals surface area contributed by atoms with Crippen molar-refractivity contribution in [1.82, 2.24) is 0 Å². The zero-order valence-electron chi connectivity index (χ0n) is 12.9. The van der Waals surface area contributed by atoms with E-state index in [9.17, 15) is 14.9 Å². The minimum atomic E-state index is -0.496. The largest absolute Gasteiger partial charge is 0.371 e. The summed E-state index contributed by atoms with van der Waals surface area (Å²) in [4.78, 5) is 25.3. The Morgan fingerprint density at radius 2 is 1.92 bits per heavy atom. The molecule has 24 heavy (non-hydrogen) atoms. The van der Waals surface area contributed by atoms with Crippen molar-refractivity contribution in [2.45, 2.75) is 12.8 Å². The number of hydrogen-bond acceptors (Lipinski definition) is 4. The van der Waals surface area contributed by atoms with Crippen LogP contribution in [0, 0.1) is 10.1 Å². The topological polar surface area (TPSA) is 75.5 Å². The SMILES string of the molecule is O=C(Nc1cccc(Cl)c1)c1cc([N+](=O)[O-])ccc1N1CCCC1. The molecule has 0 spiro atoms. The molecule has 1 N–H and O–H groups in total. The number of rotatable bonds is 4. The smallest absolute Gasteiger partial charge is 0.270 e. The van der Waals surface area contributed by atoms with Crippen molar-refractivity contribution in [1.29, 1.82) is 0 Å². The summed E-state index contributed by atoms with van der Waals surface area (Å²) in [7, 11) is 0. The van der Waals surface area contributed by atoms with Crippen LogP contribution in [0.4, 0.5) is 17.1 Å². The molecule has 2 aromatic rings. The van der Waals surface area contributed by atoms with E-state index in [1.165, 1.54) is 12.1 Å². The number of nitro groups is 1. The van der Waals surface area contributed by atoms with Gasteiger partial charge in [-0.25, -0.2) is 0 Å². The third kappa shape index (κ3) is 3.49. The van der Waals surface area contributed by atoms with Gasteiger partial charge in [0.2, 0.25) is 0 Å². The highest BCUT2D eigenvalue weighted by atomic mass is 35.5. The van der Waals surface area contributed by atoms with Crippen LogP contribution < -0.4 is 10.2 Å². The fourth-order valence-corrected chi connectivity index (χ4v) is 3.01. The van der Waals surface area contributed by atoms with E-state index in [4.69, 9.17) is 11.6 Å². The standard InChI is InChI=1S/C17H16ClN3O3/c18-12-4-3-5-13(10-12)19-17(22)15-11-14(21(23)24)6-7-16(15)20-8-1-2-9-20/h3-7,10-11H,1-2,8-9H2,(H,19,22). The van der Waals surface area contributed by atoms with E-state index in [2.05, 4.69) is 10.2 Å². The average molecular weight is 346 g/mol. The van der Waals surface area contributed by atoms with Gasteiger partial charge in [-0.15, -0.1) is 0 Å². The number of amides is 1.